The van der Waals surface area contributed by atoms with E-state index in [1.165, 1.54) is 77.0 Å². The summed E-state index contributed by atoms with van der Waals surface area (Å²) < 4.78 is 12.0. The minimum absolute atomic E-state index is 0. The van der Waals surface area contributed by atoms with Gasteiger partial charge in [0.05, 0.1) is 37.6 Å². The van der Waals surface area contributed by atoms with Crippen molar-refractivity contribution in [2.45, 2.75) is 231 Å². The fourth-order valence-electron chi connectivity index (χ4n) is 7.34. The zero-order valence-electron chi connectivity index (χ0n) is 37.3. The molecular formula is C50H82BaO8. The van der Waals surface area contributed by atoms with Crippen molar-refractivity contribution >= 4 is 60.8 Å². The van der Waals surface area contributed by atoms with Crippen molar-refractivity contribution in [2.75, 3.05) is 0 Å². The average Bonchev–Trinajstić information content (AvgIpc) is 3.21. The second kappa shape index (κ2) is 42.1. The number of carboxylic acid groups (broad SMARTS) is 2. The maximum absolute atomic E-state index is 10.8. The predicted molar refractivity (Wildman–Crippen MR) is 238 cm³/mol. The van der Waals surface area contributed by atoms with E-state index in [1.807, 2.05) is 60.7 Å². The van der Waals surface area contributed by atoms with Crippen LogP contribution in [0.15, 0.2) is 60.7 Å². The summed E-state index contributed by atoms with van der Waals surface area (Å²) in [5.41, 5.74) is 2.24. The van der Waals surface area contributed by atoms with Crippen LogP contribution in [0.25, 0.3) is 0 Å². The van der Waals surface area contributed by atoms with Crippen molar-refractivity contribution in [1.29, 1.82) is 0 Å². The van der Waals surface area contributed by atoms with E-state index >= 15 is 0 Å². The molecule has 0 aromatic heterocycles. The fraction of sp³-hybridized carbons (Fsp3) is 0.720. The van der Waals surface area contributed by atoms with Gasteiger partial charge in [0, 0.05) is 11.9 Å². The predicted octanol–water partition coefficient (Wildman–Crippen LogP) is 9.95. The van der Waals surface area contributed by atoms with Gasteiger partial charge < -0.3 is 39.5 Å². The van der Waals surface area contributed by atoms with Gasteiger partial charge in [0.2, 0.25) is 0 Å². The molecule has 4 unspecified atom stereocenters. The summed E-state index contributed by atoms with van der Waals surface area (Å²) >= 11 is 0. The third-order valence-electron chi connectivity index (χ3n) is 10.9. The molecule has 9 heteroatoms. The van der Waals surface area contributed by atoms with Gasteiger partial charge in [0.25, 0.3) is 0 Å². The summed E-state index contributed by atoms with van der Waals surface area (Å²) in [6, 6.07) is 20.0. The molecule has 0 bridgehead atoms. The van der Waals surface area contributed by atoms with E-state index in [9.17, 15) is 30.0 Å². The Balaban J connectivity index is 0.00000112. The van der Waals surface area contributed by atoms with Crippen molar-refractivity contribution in [2.24, 2.45) is 0 Å². The number of carbonyl (C=O) groups excluding carboxylic acids is 2. The maximum Gasteiger partial charge on any atom is 2.00 e. The number of benzene rings is 2. The molecule has 332 valence electrons. The molecule has 2 rings (SSSR count). The number of unbranched alkanes of at least 4 members (excludes halogenated alkanes) is 14. The molecule has 0 aliphatic rings. The number of aliphatic hydroxyl groups excluding tert-OH is 2. The number of carboxylic acids is 2. The molecule has 2 aromatic rings. The van der Waals surface area contributed by atoms with Crippen LogP contribution in [0.3, 0.4) is 0 Å². The van der Waals surface area contributed by atoms with Crippen LogP contribution in [-0.2, 0) is 32.3 Å². The Bertz CT molecular complexity index is 1110. The minimum Gasteiger partial charge on any atom is -0.550 e. The number of hydrogen-bond acceptors (Lipinski definition) is 8. The summed E-state index contributed by atoms with van der Waals surface area (Å²) in [6.45, 7) is 5.30. The zero-order valence-corrected chi connectivity index (χ0v) is 41.8. The van der Waals surface area contributed by atoms with Crippen LogP contribution < -0.4 is 10.2 Å². The van der Waals surface area contributed by atoms with E-state index in [0.29, 0.717) is 26.1 Å². The van der Waals surface area contributed by atoms with Gasteiger partial charge in [0.1, 0.15) is 0 Å². The Morgan fingerprint density at radius 3 is 1.03 bits per heavy atom. The molecule has 0 fully saturated rings. The number of carbonyl (C=O) groups is 2. The van der Waals surface area contributed by atoms with Gasteiger partial charge in [-0.05, 0) is 75.3 Å². The van der Waals surface area contributed by atoms with Gasteiger partial charge in [-0.1, -0.05) is 190 Å². The van der Waals surface area contributed by atoms with Crippen LogP contribution >= 0.6 is 0 Å². The molecule has 0 amide bonds. The van der Waals surface area contributed by atoms with Gasteiger partial charge in [0.15, 0.2) is 0 Å². The third-order valence-corrected chi connectivity index (χ3v) is 10.9. The van der Waals surface area contributed by atoms with E-state index in [2.05, 4.69) is 13.8 Å². The standard InChI is InChI=1S/2C25H42O4.Ba/c2*1-2-14-23(26)17-12-7-5-3-4-6-8-13-18-24(19-20-25(27)28)29-21-22-15-10-9-11-16-22;/h2*9-11,15-16,23-24,26H,2-8,12-14,17-21H2,1H3,(H,27,28);/q;;+2/p-2. The summed E-state index contributed by atoms with van der Waals surface area (Å²) in [6.07, 6.45) is 27.9. The number of ether oxygens (including phenoxy) is 2. The van der Waals surface area contributed by atoms with Crippen molar-refractivity contribution < 1.29 is 39.5 Å². The van der Waals surface area contributed by atoms with E-state index < -0.39 is 11.9 Å². The Morgan fingerprint density at radius 2 is 0.746 bits per heavy atom. The van der Waals surface area contributed by atoms with Crippen LogP contribution in [0.1, 0.15) is 205 Å². The Morgan fingerprint density at radius 1 is 0.458 bits per heavy atom. The van der Waals surface area contributed by atoms with Crippen molar-refractivity contribution in [1.82, 2.24) is 0 Å². The molecule has 0 spiro atoms. The zero-order chi connectivity index (χ0) is 42.3. The number of aliphatic hydroxyl groups is 2. The first-order chi connectivity index (χ1) is 28.2. The van der Waals surface area contributed by atoms with Crippen LogP contribution in [-0.4, -0.2) is 95.4 Å². The number of hydrogen-bond donors (Lipinski definition) is 2. The molecule has 2 aromatic carbocycles. The summed E-state index contributed by atoms with van der Waals surface area (Å²) in [4.78, 5) is 21.6. The van der Waals surface area contributed by atoms with E-state index in [4.69, 9.17) is 9.47 Å². The molecule has 0 saturated heterocycles. The molecule has 0 radical (unpaired) electrons. The third kappa shape index (κ3) is 38.2. The van der Waals surface area contributed by atoms with Crippen molar-refractivity contribution in [3.05, 3.63) is 71.8 Å². The first-order valence-corrected chi connectivity index (χ1v) is 23.3. The van der Waals surface area contributed by atoms with Crippen LogP contribution in [0.5, 0.6) is 0 Å². The van der Waals surface area contributed by atoms with Crippen molar-refractivity contribution in [3.8, 4) is 0 Å². The van der Waals surface area contributed by atoms with Gasteiger partial charge in [-0.25, -0.2) is 0 Å². The Hall–Kier alpha value is -1.21. The van der Waals surface area contributed by atoms with Gasteiger partial charge in [-0.2, -0.15) is 0 Å². The summed E-state index contributed by atoms with van der Waals surface area (Å²) in [7, 11) is 0. The van der Waals surface area contributed by atoms with E-state index in [1.54, 1.807) is 0 Å². The van der Waals surface area contributed by atoms with E-state index in [0.717, 1.165) is 88.2 Å². The molecule has 0 aliphatic heterocycles. The van der Waals surface area contributed by atoms with Crippen LogP contribution in [0.4, 0.5) is 0 Å². The molecule has 2 N–H and O–H groups in total. The molecule has 0 heterocycles. The molecule has 59 heavy (non-hydrogen) atoms. The monoisotopic (exact) mass is 949 g/mol. The molecule has 4 atom stereocenters. The topological polar surface area (TPSA) is 139 Å². The first kappa shape index (κ1) is 57.8. The number of rotatable bonds is 38. The Labute approximate surface area is 400 Å². The van der Waals surface area contributed by atoms with Gasteiger partial charge in [-0.15, -0.1) is 0 Å². The second-order valence-corrected chi connectivity index (χ2v) is 16.4. The van der Waals surface area contributed by atoms with E-state index in [-0.39, 0.29) is 86.1 Å². The number of aliphatic carboxylic acids is 2. The summed E-state index contributed by atoms with van der Waals surface area (Å²) in [5, 5.41) is 41.0. The molecule has 8 nitrogen and oxygen atoms in total. The molecular weight excluding hydrogens is 866 g/mol. The minimum atomic E-state index is -1.000. The van der Waals surface area contributed by atoms with Crippen molar-refractivity contribution in [3.63, 3.8) is 0 Å². The van der Waals surface area contributed by atoms with Gasteiger partial charge >= 0.3 is 48.9 Å². The maximum atomic E-state index is 10.8. The Kier molecular flexibility index (Phi) is 41.2. The fourth-order valence-corrected chi connectivity index (χ4v) is 7.34. The SMILES string of the molecule is CCCC(O)CCCCCCCCCCC(CCC(=O)[O-])OCc1ccccc1.CCCC(O)CCCCCCCCCCC(CCC(=O)[O-])OCc1ccccc1.[Ba+2]. The summed E-state index contributed by atoms with van der Waals surface area (Å²) in [5.74, 6) is -2.00. The average molecular weight is 949 g/mol. The second-order valence-electron chi connectivity index (χ2n) is 16.4. The molecule has 0 saturated carbocycles. The molecule has 0 aliphatic carbocycles. The quantitative estimate of drug-likeness (QED) is 0.0501. The van der Waals surface area contributed by atoms with Crippen LogP contribution in [0.2, 0.25) is 0 Å². The van der Waals surface area contributed by atoms with Crippen LogP contribution in [0, 0.1) is 0 Å². The first-order valence-electron chi connectivity index (χ1n) is 23.3. The smallest absolute Gasteiger partial charge is 0.550 e. The largest absolute Gasteiger partial charge is 2.00 e. The normalized spacial score (nSPS) is 13.1. The van der Waals surface area contributed by atoms with Gasteiger partial charge in [-0.3, -0.25) is 0 Å².